The molecule has 0 aliphatic carbocycles. The second-order valence-electron chi connectivity index (χ2n) is 2.88. The average Bonchev–Trinajstić information content (AvgIpc) is 2.15. The Morgan fingerprint density at radius 2 is 2.00 bits per heavy atom. The summed E-state index contributed by atoms with van der Waals surface area (Å²) >= 11 is 0. The molecule has 0 saturated heterocycles. The number of carbonyl (C=O) groups excluding carboxylic acids is 1. The number of rotatable bonds is 1. The van der Waals surface area contributed by atoms with Crippen molar-refractivity contribution in [2.75, 3.05) is 12.8 Å². The molecule has 0 radical (unpaired) electrons. The Bertz CT molecular complexity index is 387. The van der Waals surface area contributed by atoms with E-state index in [4.69, 9.17) is 5.73 Å². The Morgan fingerprint density at radius 1 is 1.40 bits per heavy atom. The topological polar surface area (TPSA) is 55.1 Å². The molecule has 0 aliphatic rings. The number of hydrogen-bond acceptors (Lipinski definition) is 2. The van der Waals surface area contributed by atoms with Crippen molar-refractivity contribution >= 4 is 11.6 Å². The molecule has 82 valence electrons. The highest BCUT2D eigenvalue weighted by atomic mass is 19.4. The molecule has 0 spiro atoms. The fraction of sp³-hybridized carbons (Fsp3) is 0.222. The zero-order valence-electron chi connectivity index (χ0n) is 7.85. The van der Waals surface area contributed by atoms with E-state index in [1.54, 1.807) is 0 Å². The van der Waals surface area contributed by atoms with Crippen LogP contribution in [0.15, 0.2) is 18.2 Å². The fourth-order valence-corrected chi connectivity index (χ4v) is 1.13. The molecule has 1 aromatic carbocycles. The summed E-state index contributed by atoms with van der Waals surface area (Å²) in [6.07, 6.45) is -4.59. The van der Waals surface area contributed by atoms with Crippen LogP contribution in [0, 0.1) is 0 Å². The van der Waals surface area contributed by atoms with Crippen LogP contribution in [0.3, 0.4) is 0 Å². The Balaban J connectivity index is 3.33. The number of nitrogens with two attached hydrogens (primary N) is 1. The van der Waals surface area contributed by atoms with E-state index in [0.717, 1.165) is 12.1 Å². The molecule has 0 bridgehead atoms. The van der Waals surface area contributed by atoms with Crippen LogP contribution in [-0.4, -0.2) is 13.0 Å². The van der Waals surface area contributed by atoms with Crippen LogP contribution < -0.4 is 11.1 Å². The van der Waals surface area contributed by atoms with Crippen LogP contribution in [0.5, 0.6) is 0 Å². The molecule has 0 aromatic heterocycles. The largest absolute Gasteiger partial charge is 0.417 e. The minimum atomic E-state index is -4.59. The standard InChI is InChI=1S/C9H9F3N2O/c1-14-8(15)6-3-2-5(13)4-7(6)9(10,11)12/h2-4H,13H2,1H3,(H,14,15). The first-order valence-electron chi connectivity index (χ1n) is 4.05. The summed E-state index contributed by atoms with van der Waals surface area (Å²) in [6, 6.07) is 3.04. The van der Waals surface area contributed by atoms with E-state index in [1.165, 1.54) is 13.1 Å². The van der Waals surface area contributed by atoms with Crippen LogP contribution in [0.1, 0.15) is 15.9 Å². The Labute approximate surface area is 84.1 Å². The molecule has 0 saturated carbocycles. The molecule has 1 aromatic rings. The predicted octanol–water partition coefficient (Wildman–Crippen LogP) is 1.65. The van der Waals surface area contributed by atoms with E-state index in [0.29, 0.717) is 0 Å². The van der Waals surface area contributed by atoms with Gasteiger partial charge >= 0.3 is 6.18 Å². The van der Waals surface area contributed by atoms with Crippen LogP contribution in [0.2, 0.25) is 0 Å². The first-order valence-corrected chi connectivity index (χ1v) is 4.05. The van der Waals surface area contributed by atoms with Gasteiger partial charge in [0.1, 0.15) is 0 Å². The normalized spacial score (nSPS) is 11.2. The van der Waals surface area contributed by atoms with Gasteiger partial charge in [0, 0.05) is 12.7 Å². The molecule has 6 heteroatoms. The maximum absolute atomic E-state index is 12.5. The molecule has 0 atom stereocenters. The molecule has 1 amide bonds. The van der Waals surface area contributed by atoms with Crippen molar-refractivity contribution in [1.29, 1.82) is 0 Å². The SMILES string of the molecule is CNC(=O)c1ccc(N)cc1C(F)(F)F. The van der Waals surface area contributed by atoms with E-state index >= 15 is 0 Å². The number of amides is 1. The molecule has 0 fully saturated rings. The van der Waals surface area contributed by atoms with Crippen molar-refractivity contribution in [2.45, 2.75) is 6.18 Å². The van der Waals surface area contributed by atoms with Gasteiger partial charge in [0.25, 0.3) is 5.91 Å². The van der Waals surface area contributed by atoms with Crippen molar-refractivity contribution in [3.63, 3.8) is 0 Å². The summed E-state index contributed by atoms with van der Waals surface area (Å²) in [5.41, 5.74) is 3.74. The van der Waals surface area contributed by atoms with E-state index in [-0.39, 0.29) is 5.69 Å². The number of benzene rings is 1. The van der Waals surface area contributed by atoms with Crippen molar-refractivity contribution in [3.05, 3.63) is 29.3 Å². The van der Waals surface area contributed by atoms with E-state index in [2.05, 4.69) is 5.32 Å². The second-order valence-corrected chi connectivity index (χ2v) is 2.88. The number of nitrogens with one attached hydrogen (secondary N) is 1. The van der Waals surface area contributed by atoms with E-state index in [1.807, 2.05) is 0 Å². The minimum Gasteiger partial charge on any atom is -0.399 e. The number of hydrogen-bond donors (Lipinski definition) is 2. The lowest BCUT2D eigenvalue weighted by Gasteiger charge is -2.12. The molecule has 0 unspecified atom stereocenters. The molecule has 3 nitrogen and oxygen atoms in total. The smallest absolute Gasteiger partial charge is 0.399 e. The van der Waals surface area contributed by atoms with Gasteiger partial charge in [-0.15, -0.1) is 0 Å². The highest BCUT2D eigenvalue weighted by Crippen LogP contribution is 2.33. The summed E-state index contributed by atoms with van der Waals surface area (Å²) in [6.45, 7) is 0. The van der Waals surface area contributed by atoms with Gasteiger partial charge in [0.15, 0.2) is 0 Å². The third-order valence-corrected chi connectivity index (χ3v) is 1.82. The van der Waals surface area contributed by atoms with E-state index < -0.39 is 23.2 Å². The van der Waals surface area contributed by atoms with Crippen LogP contribution >= 0.6 is 0 Å². The number of carbonyl (C=O) groups is 1. The summed E-state index contributed by atoms with van der Waals surface area (Å²) in [5, 5.41) is 2.13. The van der Waals surface area contributed by atoms with Crippen LogP contribution in [0.4, 0.5) is 18.9 Å². The number of anilines is 1. The molecule has 3 N–H and O–H groups in total. The molecule has 0 heterocycles. The van der Waals surface area contributed by atoms with Gasteiger partial charge in [-0.1, -0.05) is 0 Å². The molecule has 15 heavy (non-hydrogen) atoms. The van der Waals surface area contributed by atoms with Crippen LogP contribution in [-0.2, 0) is 6.18 Å². The molecule has 1 rings (SSSR count). The number of nitrogen functional groups attached to an aromatic ring is 1. The lowest BCUT2D eigenvalue weighted by molar-refractivity contribution is -0.137. The molecular weight excluding hydrogens is 209 g/mol. The summed E-state index contributed by atoms with van der Waals surface area (Å²) in [4.78, 5) is 11.1. The third-order valence-electron chi connectivity index (χ3n) is 1.82. The van der Waals surface area contributed by atoms with Gasteiger partial charge in [-0.3, -0.25) is 4.79 Å². The summed E-state index contributed by atoms with van der Waals surface area (Å²) < 4.78 is 37.5. The lowest BCUT2D eigenvalue weighted by Crippen LogP contribution is -2.22. The maximum atomic E-state index is 12.5. The Kier molecular flexibility index (Phi) is 2.88. The highest BCUT2D eigenvalue weighted by Gasteiger charge is 2.35. The molecule has 0 aliphatic heterocycles. The predicted molar refractivity (Wildman–Crippen MR) is 49.2 cm³/mol. The first-order chi connectivity index (χ1) is 6.86. The zero-order valence-corrected chi connectivity index (χ0v) is 7.85. The lowest BCUT2D eigenvalue weighted by atomic mass is 10.1. The fourth-order valence-electron chi connectivity index (χ4n) is 1.13. The van der Waals surface area contributed by atoms with Crippen LogP contribution in [0.25, 0.3) is 0 Å². The van der Waals surface area contributed by atoms with Gasteiger partial charge < -0.3 is 11.1 Å². The Hall–Kier alpha value is -1.72. The monoisotopic (exact) mass is 218 g/mol. The summed E-state index contributed by atoms with van der Waals surface area (Å²) in [5.74, 6) is -0.790. The average molecular weight is 218 g/mol. The maximum Gasteiger partial charge on any atom is 0.417 e. The first kappa shape index (κ1) is 11.4. The summed E-state index contributed by atoms with van der Waals surface area (Å²) in [7, 11) is 1.26. The second kappa shape index (κ2) is 3.80. The minimum absolute atomic E-state index is 0.0324. The van der Waals surface area contributed by atoms with Gasteiger partial charge in [-0.2, -0.15) is 13.2 Å². The van der Waals surface area contributed by atoms with Crippen molar-refractivity contribution in [3.8, 4) is 0 Å². The van der Waals surface area contributed by atoms with Crippen molar-refractivity contribution in [2.24, 2.45) is 0 Å². The number of alkyl halides is 3. The van der Waals surface area contributed by atoms with E-state index in [9.17, 15) is 18.0 Å². The molecular formula is C9H9F3N2O. The van der Waals surface area contributed by atoms with Gasteiger partial charge in [-0.25, -0.2) is 0 Å². The van der Waals surface area contributed by atoms with Crippen molar-refractivity contribution < 1.29 is 18.0 Å². The van der Waals surface area contributed by atoms with Gasteiger partial charge in [-0.05, 0) is 18.2 Å². The Morgan fingerprint density at radius 3 is 2.47 bits per heavy atom. The van der Waals surface area contributed by atoms with Crippen molar-refractivity contribution in [1.82, 2.24) is 5.32 Å². The third kappa shape index (κ3) is 2.39. The van der Waals surface area contributed by atoms with Gasteiger partial charge in [0.2, 0.25) is 0 Å². The van der Waals surface area contributed by atoms with Gasteiger partial charge in [0.05, 0.1) is 11.1 Å². The zero-order chi connectivity index (χ0) is 11.6. The number of halogens is 3. The quantitative estimate of drug-likeness (QED) is 0.704. The highest BCUT2D eigenvalue weighted by molar-refractivity contribution is 5.96.